The molecule has 0 N–H and O–H groups in total. The lowest BCUT2D eigenvalue weighted by Gasteiger charge is -2.27. The van der Waals surface area contributed by atoms with Gasteiger partial charge in [-0.3, -0.25) is 4.79 Å². The molecule has 1 amide bonds. The van der Waals surface area contributed by atoms with Crippen LogP contribution in [-0.2, 0) is 0 Å². The average Bonchev–Trinajstić information content (AvgIpc) is 3.50. The fraction of sp³-hybridized carbons (Fsp3) is 0.381. The maximum atomic E-state index is 13.1. The monoisotopic (exact) mass is 380 g/mol. The zero-order chi connectivity index (χ0) is 19.8. The molecule has 1 fully saturated rings. The number of rotatable bonds is 6. The Hall–Kier alpha value is -3.09. The summed E-state index contributed by atoms with van der Waals surface area (Å²) in [5.74, 6) is 1.28. The maximum Gasteiger partial charge on any atom is 0.255 e. The smallest absolute Gasteiger partial charge is 0.255 e. The second-order valence-corrected chi connectivity index (χ2v) is 7.15. The number of pyridine rings is 1. The van der Waals surface area contributed by atoms with Crippen molar-refractivity contribution in [2.45, 2.75) is 31.8 Å². The van der Waals surface area contributed by atoms with Crippen LogP contribution in [0.15, 0.2) is 36.8 Å². The van der Waals surface area contributed by atoms with Crippen LogP contribution in [0.4, 0.5) is 0 Å². The van der Waals surface area contributed by atoms with Crippen LogP contribution in [-0.4, -0.2) is 46.6 Å². The minimum absolute atomic E-state index is 0.110. The van der Waals surface area contributed by atoms with E-state index in [1.807, 2.05) is 37.5 Å². The van der Waals surface area contributed by atoms with Crippen LogP contribution in [0.2, 0.25) is 0 Å². The topological polar surface area (TPSA) is 69.5 Å². The Morgan fingerprint density at radius 1 is 1.21 bits per heavy atom. The van der Waals surface area contributed by atoms with E-state index in [2.05, 4.69) is 14.5 Å². The summed E-state index contributed by atoms with van der Waals surface area (Å²) >= 11 is 0. The van der Waals surface area contributed by atoms with Gasteiger partial charge in [0, 0.05) is 30.9 Å². The Morgan fingerprint density at radius 2 is 2.00 bits per heavy atom. The Morgan fingerprint density at radius 3 is 2.68 bits per heavy atom. The average molecular weight is 380 g/mol. The van der Waals surface area contributed by atoms with Gasteiger partial charge in [0.25, 0.3) is 5.91 Å². The van der Waals surface area contributed by atoms with E-state index in [-0.39, 0.29) is 11.9 Å². The molecule has 2 heterocycles. The van der Waals surface area contributed by atoms with Crippen LogP contribution in [0.1, 0.15) is 47.8 Å². The van der Waals surface area contributed by atoms with Crippen molar-refractivity contribution in [1.82, 2.24) is 19.4 Å². The van der Waals surface area contributed by atoms with Crippen molar-refractivity contribution < 1.29 is 14.3 Å². The number of amides is 1. The van der Waals surface area contributed by atoms with Crippen molar-refractivity contribution in [2.75, 3.05) is 21.3 Å². The van der Waals surface area contributed by atoms with E-state index in [4.69, 9.17) is 9.47 Å². The molecule has 0 aliphatic heterocycles. The van der Waals surface area contributed by atoms with Gasteiger partial charge in [0.05, 0.1) is 32.2 Å². The molecule has 0 radical (unpaired) electrons. The highest BCUT2D eigenvalue weighted by atomic mass is 16.5. The van der Waals surface area contributed by atoms with Crippen molar-refractivity contribution in [3.63, 3.8) is 0 Å². The number of hydrogen-bond acceptors (Lipinski definition) is 5. The van der Waals surface area contributed by atoms with E-state index in [0.717, 1.165) is 29.6 Å². The Kier molecular flexibility index (Phi) is 4.66. The zero-order valence-electron chi connectivity index (χ0n) is 16.5. The molecular formula is C21H24N4O3. The van der Waals surface area contributed by atoms with Gasteiger partial charge in [0.1, 0.15) is 17.0 Å². The van der Waals surface area contributed by atoms with Crippen molar-refractivity contribution in [3.05, 3.63) is 47.9 Å². The lowest BCUT2D eigenvalue weighted by Crippen LogP contribution is -2.30. The minimum Gasteiger partial charge on any atom is -0.497 e. The molecule has 146 valence electrons. The highest BCUT2D eigenvalue weighted by molar-refractivity contribution is 5.96. The van der Waals surface area contributed by atoms with Crippen molar-refractivity contribution >= 4 is 17.1 Å². The first kappa shape index (κ1) is 18.3. The first-order valence-corrected chi connectivity index (χ1v) is 9.35. The number of hydrogen-bond donors (Lipinski definition) is 0. The van der Waals surface area contributed by atoms with Crippen molar-refractivity contribution in [1.29, 1.82) is 0 Å². The molecule has 1 aliphatic carbocycles. The van der Waals surface area contributed by atoms with Crippen molar-refractivity contribution in [2.24, 2.45) is 0 Å². The zero-order valence-corrected chi connectivity index (χ0v) is 16.5. The van der Waals surface area contributed by atoms with E-state index in [1.165, 1.54) is 0 Å². The van der Waals surface area contributed by atoms with E-state index in [0.29, 0.717) is 23.1 Å². The number of nitrogens with zero attached hydrogens (tertiary/aromatic N) is 4. The number of carbonyl (C=O) groups excluding carboxylic acids is 1. The molecule has 0 spiro atoms. The van der Waals surface area contributed by atoms with Gasteiger partial charge in [-0.25, -0.2) is 9.97 Å². The van der Waals surface area contributed by atoms with E-state index >= 15 is 0 Å². The van der Waals surface area contributed by atoms with E-state index in [1.54, 1.807) is 32.4 Å². The predicted molar refractivity (Wildman–Crippen MR) is 106 cm³/mol. The molecule has 1 aromatic carbocycles. The van der Waals surface area contributed by atoms with Gasteiger partial charge in [-0.15, -0.1) is 0 Å². The molecule has 0 saturated heterocycles. The highest BCUT2D eigenvalue weighted by Gasteiger charge is 2.27. The summed E-state index contributed by atoms with van der Waals surface area (Å²) in [4.78, 5) is 23.7. The molecule has 1 saturated carbocycles. The highest BCUT2D eigenvalue weighted by Crippen LogP contribution is 2.37. The maximum absolute atomic E-state index is 13.1. The van der Waals surface area contributed by atoms with Gasteiger partial charge in [0.15, 0.2) is 5.65 Å². The number of carbonyl (C=O) groups is 1. The van der Waals surface area contributed by atoms with Crippen LogP contribution in [0.3, 0.4) is 0 Å². The summed E-state index contributed by atoms with van der Waals surface area (Å²) in [5.41, 5.74) is 3.02. The molecule has 1 aliphatic rings. The fourth-order valence-corrected chi connectivity index (χ4v) is 3.41. The molecule has 7 heteroatoms. The van der Waals surface area contributed by atoms with Gasteiger partial charge in [-0.1, -0.05) is 0 Å². The molecule has 28 heavy (non-hydrogen) atoms. The van der Waals surface area contributed by atoms with Crippen LogP contribution in [0.5, 0.6) is 11.5 Å². The summed E-state index contributed by atoms with van der Waals surface area (Å²) in [5, 5.41) is 0. The number of benzene rings is 1. The second kappa shape index (κ2) is 7.14. The normalized spacial score (nSPS) is 14.7. The SMILES string of the molecule is COc1ccc(C(C)N(C)C(=O)c2cnc3c(c2)ncn3C2CC2)c(OC)c1. The molecule has 7 nitrogen and oxygen atoms in total. The van der Waals surface area contributed by atoms with E-state index in [9.17, 15) is 4.79 Å². The molecule has 1 unspecified atom stereocenters. The lowest BCUT2D eigenvalue weighted by molar-refractivity contribution is 0.0741. The van der Waals surface area contributed by atoms with Crippen LogP contribution < -0.4 is 9.47 Å². The third kappa shape index (κ3) is 3.17. The van der Waals surface area contributed by atoms with Gasteiger partial charge >= 0.3 is 0 Å². The summed E-state index contributed by atoms with van der Waals surface area (Å²) in [6.45, 7) is 1.97. The summed E-state index contributed by atoms with van der Waals surface area (Å²) in [6.07, 6.45) is 5.79. The Bertz CT molecular complexity index is 1030. The third-order valence-corrected chi connectivity index (χ3v) is 5.39. The van der Waals surface area contributed by atoms with Crippen molar-refractivity contribution in [3.8, 4) is 11.5 Å². The summed E-state index contributed by atoms with van der Waals surface area (Å²) in [7, 11) is 5.01. The van der Waals surface area contributed by atoms with Crippen LogP contribution in [0.25, 0.3) is 11.2 Å². The number of ether oxygens (including phenoxy) is 2. The Labute approximate surface area is 163 Å². The number of aromatic nitrogens is 3. The van der Waals surface area contributed by atoms with Gasteiger partial charge in [-0.2, -0.15) is 0 Å². The first-order chi connectivity index (χ1) is 13.5. The largest absolute Gasteiger partial charge is 0.497 e. The molecule has 0 bridgehead atoms. The second-order valence-electron chi connectivity index (χ2n) is 7.15. The molecule has 2 aromatic heterocycles. The molecule has 1 atom stereocenters. The van der Waals surface area contributed by atoms with E-state index < -0.39 is 0 Å². The Balaban J connectivity index is 1.59. The molecular weight excluding hydrogens is 356 g/mol. The summed E-state index contributed by atoms with van der Waals surface area (Å²) < 4.78 is 12.8. The third-order valence-electron chi connectivity index (χ3n) is 5.39. The molecule has 4 rings (SSSR count). The van der Waals surface area contributed by atoms with Gasteiger partial charge < -0.3 is 18.9 Å². The summed E-state index contributed by atoms with van der Waals surface area (Å²) in [6, 6.07) is 7.74. The van der Waals surface area contributed by atoms with Gasteiger partial charge in [-0.05, 0) is 38.0 Å². The fourth-order valence-electron chi connectivity index (χ4n) is 3.41. The predicted octanol–water partition coefficient (Wildman–Crippen LogP) is 3.62. The lowest BCUT2D eigenvalue weighted by atomic mass is 10.0. The minimum atomic E-state index is -0.187. The van der Waals surface area contributed by atoms with Crippen LogP contribution in [0, 0.1) is 0 Å². The van der Waals surface area contributed by atoms with Crippen LogP contribution >= 0.6 is 0 Å². The quantitative estimate of drug-likeness (QED) is 0.653. The number of methoxy groups -OCH3 is 2. The van der Waals surface area contributed by atoms with Gasteiger partial charge in [0.2, 0.25) is 0 Å². The number of fused-ring (bicyclic) bond motifs is 1. The standard InChI is InChI=1S/C21H24N4O3/c1-13(17-8-7-16(27-3)10-19(17)28-4)24(2)21(26)14-9-18-20(22-11-14)25(12-23-18)15-5-6-15/h7-13,15H,5-6H2,1-4H3. The number of imidazole rings is 1. The first-order valence-electron chi connectivity index (χ1n) is 9.35. The molecule has 3 aromatic rings.